The van der Waals surface area contributed by atoms with Gasteiger partial charge in [-0.1, -0.05) is 55.7 Å². The molecule has 2 atom stereocenters. The van der Waals surface area contributed by atoms with Crippen LogP contribution in [0.3, 0.4) is 0 Å². The van der Waals surface area contributed by atoms with Gasteiger partial charge in [0.05, 0.1) is 24.6 Å². The van der Waals surface area contributed by atoms with Crippen LogP contribution in [0.15, 0.2) is 72.8 Å². The second-order valence-electron chi connectivity index (χ2n) is 9.85. The number of carbonyl (C=O) groups is 2. The number of ether oxygens (including phenoxy) is 1. The van der Waals surface area contributed by atoms with E-state index in [2.05, 4.69) is 5.32 Å². The fourth-order valence-electron chi connectivity index (χ4n) is 5.74. The number of carbonyl (C=O) groups excluding carboxylic acids is 2. The molecule has 2 amide bonds. The molecule has 5 nitrogen and oxygen atoms in total. The maximum absolute atomic E-state index is 14.0. The van der Waals surface area contributed by atoms with E-state index in [1.54, 1.807) is 43.5 Å². The molecule has 198 valence electrons. The van der Waals surface area contributed by atoms with Crippen molar-refractivity contribution in [2.75, 3.05) is 12.4 Å². The normalized spacial score (nSPS) is 20.1. The maximum atomic E-state index is 14.0. The van der Waals surface area contributed by atoms with Crippen LogP contribution in [-0.2, 0) is 11.0 Å². The summed E-state index contributed by atoms with van der Waals surface area (Å²) < 4.78 is 45.3. The number of rotatable bonds is 5. The standard InChI is InChI=1S/C30H29F3N2O3/c1-38-23-16-14-19(15-17-23)27-26(28(36)34-21-9-7-8-20(18-21)30(31,32)33)24-12-5-6-13-25(24)29(37)35(27)22-10-3-2-4-11-22/h5-9,12-18,22,26-27H,2-4,10-11H2,1H3,(H,34,36). The van der Waals surface area contributed by atoms with Crippen LogP contribution in [-0.4, -0.2) is 29.9 Å². The van der Waals surface area contributed by atoms with E-state index in [0.717, 1.165) is 49.8 Å². The molecule has 2 unspecified atom stereocenters. The SMILES string of the molecule is COc1ccc(C2C(C(=O)Nc3cccc(C(F)(F)F)c3)c3ccccc3C(=O)N2C2CCCCC2)cc1. The van der Waals surface area contributed by atoms with Crippen molar-refractivity contribution in [2.24, 2.45) is 0 Å². The fraction of sp³-hybridized carbons (Fsp3) is 0.333. The van der Waals surface area contributed by atoms with Gasteiger partial charge in [0.1, 0.15) is 5.75 Å². The molecule has 0 bridgehead atoms. The third kappa shape index (κ3) is 4.99. The number of hydrogen-bond donors (Lipinski definition) is 1. The molecule has 1 aliphatic heterocycles. The summed E-state index contributed by atoms with van der Waals surface area (Å²) in [5.41, 5.74) is 0.993. The minimum Gasteiger partial charge on any atom is -0.497 e. The minimum atomic E-state index is -4.53. The Morgan fingerprint density at radius 3 is 2.34 bits per heavy atom. The zero-order chi connectivity index (χ0) is 26.9. The summed E-state index contributed by atoms with van der Waals surface area (Å²) >= 11 is 0. The first-order valence-electron chi connectivity index (χ1n) is 12.8. The molecule has 0 spiro atoms. The number of nitrogens with one attached hydrogen (secondary N) is 1. The third-order valence-corrected chi connectivity index (χ3v) is 7.54. The molecular weight excluding hydrogens is 493 g/mol. The number of anilines is 1. The highest BCUT2D eigenvalue weighted by Crippen LogP contribution is 2.46. The maximum Gasteiger partial charge on any atom is 0.416 e. The Hall–Kier alpha value is -3.81. The van der Waals surface area contributed by atoms with Crippen molar-refractivity contribution in [3.63, 3.8) is 0 Å². The second kappa shape index (κ2) is 10.5. The summed E-state index contributed by atoms with van der Waals surface area (Å²) in [6, 6.07) is 18.3. The number of fused-ring (bicyclic) bond motifs is 1. The van der Waals surface area contributed by atoms with Crippen LogP contribution in [0, 0.1) is 0 Å². The van der Waals surface area contributed by atoms with E-state index in [0.29, 0.717) is 16.9 Å². The number of amides is 2. The van der Waals surface area contributed by atoms with Gasteiger partial charge in [-0.15, -0.1) is 0 Å². The van der Waals surface area contributed by atoms with Crippen LogP contribution in [0.25, 0.3) is 0 Å². The molecule has 1 aliphatic carbocycles. The van der Waals surface area contributed by atoms with Gasteiger partial charge in [0.25, 0.3) is 5.91 Å². The zero-order valence-corrected chi connectivity index (χ0v) is 21.0. The van der Waals surface area contributed by atoms with Crippen molar-refractivity contribution in [2.45, 2.75) is 56.3 Å². The lowest BCUT2D eigenvalue weighted by atomic mass is 9.77. The van der Waals surface area contributed by atoms with Gasteiger partial charge in [-0.3, -0.25) is 9.59 Å². The highest BCUT2D eigenvalue weighted by Gasteiger charge is 2.46. The molecule has 0 radical (unpaired) electrons. The number of nitrogens with zero attached hydrogens (tertiary/aromatic N) is 1. The van der Waals surface area contributed by atoms with E-state index in [-0.39, 0.29) is 17.6 Å². The number of hydrogen-bond acceptors (Lipinski definition) is 3. The molecular formula is C30H29F3N2O3. The summed E-state index contributed by atoms with van der Waals surface area (Å²) in [7, 11) is 1.56. The first-order chi connectivity index (χ1) is 18.3. The fourth-order valence-corrected chi connectivity index (χ4v) is 5.74. The zero-order valence-electron chi connectivity index (χ0n) is 21.0. The molecule has 1 N–H and O–H groups in total. The van der Waals surface area contributed by atoms with E-state index < -0.39 is 29.6 Å². The monoisotopic (exact) mass is 522 g/mol. The van der Waals surface area contributed by atoms with Crippen molar-refractivity contribution in [1.29, 1.82) is 0 Å². The lowest BCUT2D eigenvalue weighted by Crippen LogP contribution is -2.51. The molecule has 0 aromatic heterocycles. The Morgan fingerprint density at radius 2 is 1.66 bits per heavy atom. The van der Waals surface area contributed by atoms with Gasteiger partial charge >= 0.3 is 6.18 Å². The lowest BCUT2D eigenvalue weighted by Gasteiger charge is -2.46. The van der Waals surface area contributed by atoms with Crippen molar-refractivity contribution < 1.29 is 27.5 Å². The van der Waals surface area contributed by atoms with Crippen LogP contribution in [0.1, 0.15) is 71.1 Å². The molecule has 1 heterocycles. The average Bonchev–Trinajstić information content (AvgIpc) is 2.93. The summed E-state index contributed by atoms with van der Waals surface area (Å²) in [6.07, 6.45) is 0.222. The van der Waals surface area contributed by atoms with Gasteiger partial charge in [0.2, 0.25) is 5.91 Å². The second-order valence-corrected chi connectivity index (χ2v) is 9.85. The van der Waals surface area contributed by atoms with Gasteiger partial charge in [0, 0.05) is 17.3 Å². The summed E-state index contributed by atoms with van der Waals surface area (Å²) in [5.74, 6) is -0.776. The molecule has 1 fully saturated rings. The molecule has 0 saturated heterocycles. The van der Waals surface area contributed by atoms with Crippen LogP contribution in [0.4, 0.5) is 18.9 Å². The first-order valence-corrected chi connectivity index (χ1v) is 12.8. The van der Waals surface area contributed by atoms with E-state index in [1.165, 1.54) is 12.1 Å². The predicted octanol–water partition coefficient (Wildman–Crippen LogP) is 6.97. The van der Waals surface area contributed by atoms with Crippen molar-refractivity contribution in [3.05, 3.63) is 95.1 Å². The Bertz CT molecular complexity index is 1320. The first kappa shape index (κ1) is 25.8. The van der Waals surface area contributed by atoms with Crippen LogP contribution < -0.4 is 10.1 Å². The number of halogens is 3. The van der Waals surface area contributed by atoms with Gasteiger partial charge in [0.15, 0.2) is 0 Å². The molecule has 8 heteroatoms. The van der Waals surface area contributed by atoms with E-state index in [1.807, 2.05) is 17.0 Å². The van der Waals surface area contributed by atoms with Gasteiger partial charge in [-0.25, -0.2) is 0 Å². The van der Waals surface area contributed by atoms with Gasteiger partial charge < -0.3 is 15.0 Å². The third-order valence-electron chi connectivity index (χ3n) is 7.54. The molecule has 3 aromatic rings. The van der Waals surface area contributed by atoms with Crippen molar-refractivity contribution >= 4 is 17.5 Å². The molecule has 3 aromatic carbocycles. The quantitative estimate of drug-likeness (QED) is 0.394. The number of benzene rings is 3. The Morgan fingerprint density at radius 1 is 0.947 bits per heavy atom. The molecule has 1 saturated carbocycles. The van der Waals surface area contributed by atoms with E-state index >= 15 is 0 Å². The minimum absolute atomic E-state index is 0.0411. The Kier molecular flexibility index (Phi) is 7.15. The Labute approximate surface area is 219 Å². The number of methoxy groups -OCH3 is 1. The summed E-state index contributed by atoms with van der Waals surface area (Å²) in [4.78, 5) is 29.8. The highest BCUT2D eigenvalue weighted by atomic mass is 19.4. The summed E-state index contributed by atoms with van der Waals surface area (Å²) in [6.45, 7) is 0. The smallest absolute Gasteiger partial charge is 0.416 e. The van der Waals surface area contributed by atoms with Crippen LogP contribution in [0.2, 0.25) is 0 Å². The number of alkyl halides is 3. The topological polar surface area (TPSA) is 58.6 Å². The Balaban J connectivity index is 1.61. The van der Waals surface area contributed by atoms with Gasteiger partial charge in [-0.2, -0.15) is 13.2 Å². The predicted molar refractivity (Wildman–Crippen MR) is 138 cm³/mol. The van der Waals surface area contributed by atoms with Gasteiger partial charge in [-0.05, 0) is 60.4 Å². The van der Waals surface area contributed by atoms with E-state index in [4.69, 9.17) is 4.74 Å². The van der Waals surface area contributed by atoms with Crippen molar-refractivity contribution in [1.82, 2.24) is 4.90 Å². The highest BCUT2D eigenvalue weighted by molar-refractivity contribution is 6.04. The van der Waals surface area contributed by atoms with Crippen LogP contribution >= 0.6 is 0 Å². The van der Waals surface area contributed by atoms with E-state index in [9.17, 15) is 22.8 Å². The largest absolute Gasteiger partial charge is 0.497 e. The molecule has 5 rings (SSSR count). The lowest BCUT2D eigenvalue weighted by molar-refractivity contribution is -0.137. The molecule has 38 heavy (non-hydrogen) atoms. The van der Waals surface area contributed by atoms with Crippen molar-refractivity contribution in [3.8, 4) is 5.75 Å². The average molecular weight is 523 g/mol. The molecule has 2 aliphatic rings. The van der Waals surface area contributed by atoms with Crippen LogP contribution in [0.5, 0.6) is 5.75 Å². The summed E-state index contributed by atoms with van der Waals surface area (Å²) in [5, 5.41) is 2.72.